The molecule has 0 spiro atoms. The van der Waals surface area contributed by atoms with Gasteiger partial charge in [-0.15, -0.1) is 0 Å². The average molecular weight is 305 g/mol. The van der Waals surface area contributed by atoms with Crippen LogP contribution in [0.1, 0.15) is 20.8 Å². The summed E-state index contributed by atoms with van der Waals surface area (Å²) in [7, 11) is 5.24. The van der Waals surface area contributed by atoms with Crippen molar-refractivity contribution in [2.75, 3.05) is 27.7 Å². The summed E-state index contributed by atoms with van der Waals surface area (Å²) in [6.45, 7) is 7.22. The van der Waals surface area contributed by atoms with E-state index in [0.717, 1.165) is 6.04 Å². The SMILES string of the molecule is CCO[C-]=O.C[C-](C)N(C)C(=O)N(C)C.[Y]. The first kappa shape index (κ1) is 21.2. The Morgan fingerprint density at radius 2 is 1.75 bits per heavy atom. The molecule has 2 amide bonds. The molecule has 1 radical (unpaired) electrons. The van der Waals surface area contributed by atoms with Gasteiger partial charge in [0.2, 0.25) is 0 Å². The third-order valence-corrected chi connectivity index (χ3v) is 1.54. The van der Waals surface area contributed by atoms with Crippen LogP contribution in [0.2, 0.25) is 0 Å². The van der Waals surface area contributed by atoms with E-state index >= 15 is 0 Å². The summed E-state index contributed by atoms with van der Waals surface area (Å²) in [6.07, 6.45) is 0. The van der Waals surface area contributed by atoms with Crippen LogP contribution in [0.5, 0.6) is 0 Å². The summed E-state index contributed by atoms with van der Waals surface area (Å²) < 4.78 is 4.03. The number of carbonyl (C=O) groups excluding carboxylic acids is 2. The molecule has 0 N–H and O–H groups in total. The summed E-state index contributed by atoms with van der Waals surface area (Å²) in [5.41, 5.74) is 0. The first-order valence-electron chi connectivity index (χ1n) is 4.62. The molecule has 6 heteroatoms. The zero-order valence-corrected chi connectivity index (χ0v) is 13.7. The molecule has 0 fully saturated rings. The number of ether oxygens (including phenoxy) is 1. The fourth-order valence-corrected chi connectivity index (χ4v) is 0.550. The van der Waals surface area contributed by atoms with Crippen LogP contribution >= 0.6 is 0 Å². The van der Waals surface area contributed by atoms with Gasteiger partial charge in [-0.05, 0) is 14.0 Å². The van der Waals surface area contributed by atoms with E-state index in [4.69, 9.17) is 4.79 Å². The minimum atomic E-state index is 0. The Labute approximate surface area is 123 Å². The molecule has 0 rings (SSSR count). The Morgan fingerprint density at radius 1 is 1.31 bits per heavy atom. The van der Waals surface area contributed by atoms with E-state index in [-0.39, 0.29) is 38.7 Å². The molecule has 0 aliphatic carbocycles. The van der Waals surface area contributed by atoms with Crippen molar-refractivity contribution in [2.45, 2.75) is 20.8 Å². The van der Waals surface area contributed by atoms with Crippen LogP contribution in [-0.4, -0.2) is 50.1 Å². The molecule has 16 heavy (non-hydrogen) atoms. The van der Waals surface area contributed by atoms with Gasteiger partial charge in [0.25, 0.3) is 6.03 Å². The van der Waals surface area contributed by atoms with Crippen molar-refractivity contribution in [3.8, 4) is 0 Å². The number of hydrogen-bond acceptors (Lipinski definition) is 3. The van der Waals surface area contributed by atoms with E-state index in [9.17, 15) is 4.79 Å². The Balaban J connectivity index is -0.000000242. The predicted octanol–water partition coefficient (Wildman–Crippen LogP) is 1.26. The smallest absolute Gasteiger partial charge is 0.289 e. The maximum absolute atomic E-state index is 11.1. The maximum Gasteiger partial charge on any atom is 0.289 e. The molecule has 0 unspecified atom stereocenters. The first-order valence-corrected chi connectivity index (χ1v) is 4.62. The van der Waals surface area contributed by atoms with Crippen molar-refractivity contribution in [1.29, 1.82) is 0 Å². The van der Waals surface area contributed by atoms with Gasteiger partial charge < -0.3 is 19.3 Å². The van der Waals surface area contributed by atoms with Crippen LogP contribution in [0, 0.1) is 6.04 Å². The van der Waals surface area contributed by atoms with Crippen LogP contribution in [0.15, 0.2) is 0 Å². The minimum absolute atomic E-state index is 0. The van der Waals surface area contributed by atoms with Crippen LogP contribution < -0.4 is 0 Å². The zero-order valence-electron chi connectivity index (χ0n) is 10.9. The van der Waals surface area contributed by atoms with E-state index in [1.54, 1.807) is 37.9 Å². The second kappa shape index (κ2) is 12.9. The Hall–Kier alpha value is -0.156. The van der Waals surface area contributed by atoms with Crippen LogP contribution in [0.3, 0.4) is 0 Å². The monoisotopic (exact) mass is 305 g/mol. The normalized spacial score (nSPS) is 8.19. The molecule has 93 valence electrons. The van der Waals surface area contributed by atoms with Gasteiger partial charge in [-0.2, -0.15) is 13.8 Å². The van der Waals surface area contributed by atoms with E-state index in [1.165, 1.54) is 6.47 Å². The molecule has 0 aromatic heterocycles. The molecule has 0 aromatic rings. The molecule has 0 heterocycles. The largest absolute Gasteiger partial charge is 0.653 e. The van der Waals surface area contributed by atoms with Gasteiger partial charge in [-0.25, -0.2) is 6.04 Å². The third-order valence-electron chi connectivity index (χ3n) is 1.54. The van der Waals surface area contributed by atoms with E-state index in [0.29, 0.717) is 6.61 Å². The van der Waals surface area contributed by atoms with Gasteiger partial charge in [-0.3, -0.25) is 4.79 Å². The van der Waals surface area contributed by atoms with Crippen molar-refractivity contribution in [3.63, 3.8) is 0 Å². The molecular formula is C10H20N2O3Y-2. The Morgan fingerprint density at radius 3 is 1.81 bits per heavy atom. The van der Waals surface area contributed by atoms with Gasteiger partial charge in [0, 0.05) is 53.4 Å². The Kier molecular flexibility index (Phi) is 17.1. The zero-order chi connectivity index (χ0) is 12.4. The van der Waals surface area contributed by atoms with Gasteiger partial charge in [-0.1, -0.05) is 6.47 Å². The molecule has 0 aliphatic rings. The molecule has 0 bridgehead atoms. The molecule has 0 aromatic carbocycles. The molecule has 0 aliphatic heterocycles. The van der Waals surface area contributed by atoms with Crippen molar-refractivity contribution in [3.05, 3.63) is 6.04 Å². The summed E-state index contributed by atoms with van der Waals surface area (Å²) in [6, 6.07) is 1.01. The fourth-order valence-electron chi connectivity index (χ4n) is 0.550. The van der Waals surface area contributed by atoms with Crippen molar-refractivity contribution < 1.29 is 47.0 Å². The predicted molar refractivity (Wildman–Crippen MR) is 58.8 cm³/mol. The molecular weight excluding hydrogens is 285 g/mol. The van der Waals surface area contributed by atoms with Crippen LogP contribution in [0.4, 0.5) is 4.79 Å². The molecule has 0 saturated heterocycles. The van der Waals surface area contributed by atoms with E-state index in [1.807, 2.05) is 13.8 Å². The second-order valence-electron chi connectivity index (χ2n) is 3.20. The van der Waals surface area contributed by atoms with Gasteiger partial charge >= 0.3 is 0 Å². The molecule has 5 nitrogen and oxygen atoms in total. The summed E-state index contributed by atoms with van der Waals surface area (Å²) >= 11 is 0. The van der Waals surface area contributed by atoms with Crippen molar-refractivity contribution >= 4 is 12.5 Å². The second-order valence-corrected chi connectivity index (χ2v) is 3.20. The number of nitrogens with zero attached hydrogens (tertiary/aromatic N) is 2. The topological polar surface area (TPSA) is 49.9 Å². The van der Waals surface area contributed by atoms with Gasteiger partial charge in [0.1, 0.15) is 0 Å². The van der Waals surface area contributed by atoms with Crippen LogP contribution in [0.25, 0.3) is 0 Å². The fraction of sp³-hybridized carbons (Fsp3) is 0.700. The number of amides is 2. The van der Waals surface area contributed by atoms with Crippen LogP contribution in [-0.2, 0) is 42.2 Å². The van der Waals surface area contributed by atoms with E-state index in [2.05, 4.69) is 4.74 Å². The molecule has 0 saturated carbocycles. The van der Waals surface area contributed by atoms with Crippen molar-refractivity contribution in [2.24, 2.45) is 0 Å². The summed E-state index contributed by atoms with van der Waals surface area (Å²) in [5, 5.41) is 0. The number of urea groups is 1. The number of carbonyl (C=O) groups is 1. The number of rotatable bonds is 3. The quantitative estimate of drug-likeness (QED) is 0.738. The van der Waals surface area contributed by atoms with Gasteiger partial charge in [0.15, 0.2) is 0 Å². The minimum Gasteiger partial charge on any atom is -0.653 e. The maximum atomic E-state index is 11.1. The first-order chi connectivity index (χ1) is 6.88. The summed E-state index contributed by atoms with van der Waals surface area (Å²) in [5.74, 6) is 0. The standard InChI is InChI=1S/C7H15N2O.C3H5O2.Y/c1-6(2)9(5)7(10)8(3)4;1-2-5-3-4;/h1-5H3;2H2,1H3;/q2*-1;. The molecule has 0 atom stereocenters. The van der Waals surface area contributed by atoms with Crippen molar-refractivity contribution in [1.82, 2.24) is 9.80 Å². The summed E-state index contributed by atoms with van der Waals surface area (Å²) in [4.78, 5) is 23.3. The average Bonchev–Trinajstić information content (AvgIpc) is 2.17. The third kappa shape index (κ3) is 11.9. The van der Waals surface area contributed by atoms with E-state index < -0.39 is 0 Å². The Bertz CT molecular complexity index is 187. The van der Waals surface area contributed by atoms with Gasteiger partial charge in [0.05, 0.1) is 0 Å². The number of hydrogen-bond donors (Lipinski definition) is 0.